The molecule has 1 aromatic rings. The number of benzene rings is 1. The highest BCUT2D eigenvalue weighted by atomic mass is 16.4. The second kappa shape index (κ2) is 4.61. The van der Waals surface area contributed by atoms with Crippen LogP contribution in [0.25, 0.3) is 5.57 Å². The molecule has 2 nitrogen and oxygen atoms in total. The molecule has 0 saturated heterocycles. The summed E-state index contributed by atoms with van der Waals surface area (Å²) in [6.45, 7) is 5.82. The number of carbonyl (C=O) groups is 1. The van der Waals surface area contributed by atoms with E-state index in [2.05, 4.69) is 13.5 Å². The van der Waals surface area contributed by atoms with Gasteiger partial charge in [0.2, 0.25) is 0 Å². The molecule has 0 radical (unpaired) electrons. The molecule has 14 heavy (non-hydrogen) atoms. The summed E-state index contributed by atoms with van der Waals surface area (Å²) >= 11 is 0. The van der Waals surface area contributed by atoms with Crippen LogP contribution in [0.5, 0.6) is 0 Å². The van der Waals surface area contributed by atoms with Gasteiger partial charge < -0.3 is 5.11 Å². The summed E-state index contributed by atoms with van der Waals surface area (Å²) < 4.78 is 0. The third-order valence-corrected chi connectivity index (χ3v) is 2.14. The minimum Gasteiger partial charge on any atom is -0.481 e. The van der Waals surface area contributed by atoms with Crippen molar-refractivity contribution in [2.75, 3.05) is 0 Å². The first-order valence-electron chi connectivity index (χ1n) is 4.62. The van der Waals surface area contributed by atoms with Crippen molar-refractivity contribution in [1.29, 1.82) is 0 Å². The number of hydrogen-bond donors (Lipinski definition) is 1. The Hall–Kier alpha value is -1.57. The van der Waals surface area contributed by atoms with Gasteiger partial charge in [0.05, 0.1) is 6.42 Å². The van der Waals surface area contributed by atoms with Gasteiger partial charge in [-0.15, -0.1) is 0 Å². The molecule has 0 atom stereocenters. The fraction of sp³-hybridized carbons (Fsp3) is 0.250. The summed E-state index contributed by atoms with van der Waals surface area (Å²) in [5.41, 5.74) is 2.81. The van der Waals surface area contributed by atoms with Crippen LogP contribution in [-0.4, -0.2) is 11.1 Å². The fourth-order valence-electron chi connectivity index (χ4n) is 1.26. The van der Waals surface area contributed by atoms with E-state index < -0.39 is 5.97 Å². The Morgan fingerprint density at radius 3 is 2.36 bits per heavy atom. The summed E-state index contributed by atoms with van der Waals surface area (Å²) in [4.78, 5) is 10.4. The number of carboxylic acids is 1. The molecule has 1 rings (SSSR count). The van der Waals surface area contributed by atoms with Gasteiger partial charge in [-0.3, -0.25) is 4.79 Å². The van der Waals surface area contributed by atoms with Crippen LogP contribution >= 0.6 is 0 Å². The topological polar surface area (TPSA) is 37.3 Å². The first-order chi connectivity index (χ1) is 6.63. The Morgan fingerprint density at radius 2 is 1.93 bits per heavy atom. The van der Waals surface area contributed by atoms with Gasteiger partial charge in [-0.25, -0.2) is 0 Å². The lowest BCUT2D eigenvalue weighted by molar-refractivity contribution is -0.135. The molecular formula is C12H14O2. The van der Waals surface area contributed by atoms with Crippen molar-refractivity contribution in [3.63, 3.8) is 0 Å². The van der Waals surface area contributed by atoms with Crippen molar-refractivity contribution in [1.82, 2.24) is 0 Å². The lowest BCUT2D eigenvalue weighted by Gasteiger charge is -2.03. The molecule has 74 valence electrons. The first-order valence-corrected chi connectivity index (χ1v) is 4.62. The van der Waals surface area contributed by atoms with Gasteiger partial charge in [0.25, 0.3) is 0 Å². The summed E-state index contributed by atoms with van der Waals surface area (Å²) in [7, 11) is 0. The predicted molar refractivity (Wildman–Crippen MR) is 57.1 cm³/mol. The molecule has 0 aliphatic heterocycles. The van der Waals surface area contributed by atoms with E-state index in [1.54, 1.807) is 0 Å². The molecule has 0 aromatic heterocycles. The Bertz CT molecular complexity index is 336. The highest BCUT2D eigenvalue weighted by Gasteiger charge is 2.03. The monoisotopic (exact) mass is 190 g/mol. The van der Waals surface area contributed by atoms with Crippen LogP contribution in [0.4, 0.5) is 0 Å². The van der Waals surface area contributed by atoms with E-state index in [-0.39, 0.29) is 6.42 Å². The zero-order valence-corrected chi connectivity index (χ0v) is 8.29. The van der Waals surface area contributed by atoms with E-state index in [0.29, 0.717) is 5.57 Å². The summed E-state index contributed by atoms with van der Waals surface area (Å²) in [5, 5.41) is 8.59. The van der Waals surface area contributed by atoms with E-state index in [9.17, 15) is 4.79 Å². The van der Waals surface area contributed by atoms with Gasteiger partial charge in [0, 0.05) is 0 Å². The van der Waals surface area contributed by atoms with Gasteiger partial charge in [0.1, 0.15) is 0 Å². The Balaban J connectivity index is 2.76. The van der Waals surface area contributed by atoms with E-state index in [1.807, 2.05) is 24.3 Å². The molecule has 0 aliphatic carbocycles. The van der Waals surface area contributed by atoms with Gasteiger partial charge in [-0.05, 0) is 23.1 Å². The summed E-state index contributed by atoms with van der Waals surface area (Å²) in [5.74, 6) is -0.838. The van der Waals surface area contributed by atoms with Crippen molar-refractivity contribution in [3.05, 3.63) is 42.0 Å². The molecule has 0 bridgehead atoms. The molecule has 0 heterocycles. The summed E-state index contributed by atoms with van der Waals surface area (Å²) in [6, 6.07) is 7.85. The van der Waals surface area contributed by atoms with E-state index in [4.69, 9.17) is 5.11 Å². The number of rotatable bonds is 4. The molecule has 0 aliphatic rings. The second-order valence-corrected chi connectivity index (χ2v) is 3.22. The van der Waals surface area contributed by atoms with Crippen LogP contribution in [-0.2, 0) is 11.2 Å². The van der Waals surface area contributed by atoms with Crippen LogP contribution in [0.1, 0.15) is 24.5 Å². The van der Waals surface area contributed by atoms with Crippen molar-refractivity contribution in [3.8, 4) is 0 Å². The van der Waals surface area contributed by atoms with Crippen molar-refractivity contribution >= 4 is 11.5 Å². The third-order valence-electron chi connectivity index (χ3n) is 2.14. The normalized spacial score (nSPS) is 9.79. The fourth-order valence-corrected chi connectivity index (χ4v) is 1.26. The molecule has 0 spiro atoms. The van der Waals surface area contributed by atoms with Crippen molar-refractivity contribution in [2.24, 2.45) is 0 Å². The van der Waals surface area contributed by atoms with E-state index in [1.165, 1.54) is 5.56 Å². The highest BCUT2D eigenvalue weighted by molar-refractivity contribution is 5.82. The quantitative estimate of drug-likeness (QED) is 0.792. The zero-order valence-electron chi connectivity index (χ0n) is 8.29. The van der Waals surface area contributed by atoms with E-state index in [0.717, 1.165) is 12.0 Å². The molecule has 0 unspecified atom stereocenters. The molecule has 1 aromatic carbocycles. The maximum absolute atomic E-state index is 10.4. The van der Waals surface area contributed by atoms with Crippen LogP contribution in [0.3, 0.4) is 0 Å². The highest BCUT2D eigenvalue weighted by Crippen LogP contribution is 2.16. The van der Waals surface area contributed by atoms with Gasteiger partial charge >= 0.3 is 5.97 Å². The third kappa shape index (κ3) is 2.73. The average Bonchev–Trinajstić information content (AvgIpc) is 2.17. The van der Waals surface area contributed by atoms with E-state index >= 15 is 0 Å². The first kappa shape index (κ1) is 10.5. The predicted octanol–water partition coefficient (Wildman–Crippen LogP) is 2.74. The minimum absolute atomic E-state index is 0.00543. The second-order valence-electron chi connectivity index (χ2n) is 3.22. The molecule has 0 saturated carbocycles. The van der Waals surface area contributed by atoms with Crippen LogP contribution in [0.2, 0.25) is 0 Å². The molecule has 1 N–H and O–H groups in total. The maximum Gasteiger partial charge on any atom is 0.307 e. The number of carboxylic acid groups (broad SMARTS) is 1. The number of aryl methyl sites for hydroxylation is 1. The average molecular weight is 190 g/mol. The Kier molecular flexibility index (Phi) is 3.46. The van der Waals surface area contributed by atoms with Gasteiger partial charge in [0.15, 0.2) is 0 Å². The van der Waals surface area contributed by atoms with Crippen molar-refractivity contribution < 1.29 is 9.90 Å². The number of hydrogen-bond acceptors (Lipinski definition) is 1. The van der Waals surface area contributed by atoms with Crippen LogP contribution in [0.15, 0.2) is 30.8 Å². The molecule has 0 amide bonds. The standard InChI is InChI=1S/C12H14O2/c1-3-10-4-6-11(7-5-10)9(2)8-12(13)14/h4-7H,2-3,8H2,1H3,(H,13,14). The maximum atomic E-state index is 10.4. The van der Waals surface area contributed by atoms with Crippen molar-refractivity contribution in [2.45, 2.75) is 19.8 Å². The Labute approximate surface area is 83.9 Å². The van der Waals surface area contributed by atoms with Gasteiger partial charge in [-0.2, -0.15) is 0 Å². The Morgan fingerprint density at radius 1 is 1.36 bits per heavy atom. The largest absolute Gasteiger partial charge is 0.481 e. The molecular weight excluding hydrogens is 176 g/mol. The lowest BCUT2D eigenvalue weighted by Crippen LogP contribution is -1.96. The summed E-state index contributed by atoms with van der Waals surface area (Å²) in [6.07, 6.45) is 0.997. The van der Waals surface area contributed by atoms with Crippen LogP contribution < -0.4 is 0 Å². The zero-order chi connectivity index (χ0) is 10.6. The smallest absolute Gasteiger partial charge is 0.307 e. The molecule has 0 fully saturated rings. The van der Waals surface area contributed by atoms with Gasteiger partial charge in [-0.1, -0.05) is 37.8 Å². The minimum atomic E-state index is -0.838. The number of aliphatic carboxylic acids is 1. The van der Waals surface area contributed by atoms with Crippen LogP contribution in [0, 0.1) is 0 Å². The molecule has 2 heteroatoms. The lowest BCUT2D eigenvalue weighted by atomic mass is 10.0. The SMILES string of the molecule is C=C(CC(=O)O)c1ccc(CC)cc1.